The smallest absolute Gasteiger partial charge is 0.338 e. The lowest BCUT2D eigenvalue weighted by Gasteiger charge is -2.17. The molecular formula is C19H31NO2. The van der Waals surface area contributed by atoms with E-state index in [4.69, 9.17) is 4.74 Å². The predicted molar refractivity (Wildman–Crippen MR) is 93.7 cm³/mol. The molecule has 0 fully saturated rings. The van der Waals surface area contributed by atoms with Crippen LogP contribution in [-0.4, -0.2) is 26.7 Å². The molecule has 0 saturated heterocycles. The summed E-state index contributed by atoms with van der Waals surface area (Å²) in [6.45, 7) is 6.96. The van der Waals surface area contributed by atoms with E-state index in [2.05, 4.69) is 26.8 Å². The Balaban J connectivity index is 2.72. The molecule has 0 bridgehead atoms. The molecule has 0 saturated carbocycles. The van der Waals surface area contributed by atoms with Crippen LogP contribution in [0.2, 0.25) is 0 Å². The van der Waals surface area contributed by atoms with Gasteiger partial charge in [0.2, 0.25) is 0 Å². The molecule has 0 aliphatic heterocycles. The normalized spacial score (nSPS) is 12.0. The number of rotatable bonds is 9. The number of aryl methyl sites for hydroxylation is 1. The summed E-state index contributed by atoms with van der Waals surface area (Å²) in [5, 5.41) is 0. The molecular weight excluding hydrogens is 274 g/mol. The summed E-state index contributed by atoms with van der Waals surface area (Å²) in [5.74, 6) is 0.298. The second kappa shape index (κ2) is 9.50. The zero-order valence-electron chi connectivity index (χ0n) is 14.8. The van der Waals surface area contributed by atoms with E-state index in [-0.39, 0.29) is 5.97 Å². The van der Waals surface area contributed by atoms with Gasteiger partial charge in [-0.25, -0.2) is 4.79 Å². The highest BCUT2D eigenvalue weighted by atomic mass is 16.5. The van der Waals surface area contributed by atoms with E-state index >= 15 is 0 Å². The monoisotopic (exact) mass is 305 g/mol. The van der Waals surface area contributed by atoms with Crippen LogP contribution in [0.4, 0.5) is 5.69 Å². The largest absolute Gasteiger partial charge is 0.462 e. The third-order valence-electron chi connectivity index (χ3n) is 4.20. The molecule has 3 heteroatoms. The Hall–Kier alpha value is -1.51. The minimum absolute atomic E-state index is 0.183. The van der Waals surface area contributed by atoms with E-state index < -0.39 is 0 Å². The van der Waals surface area contributed by atoms with Gasteiger partial charge in [0.05, 0.1) is 12.2 Å². The summed E-state index contributed by atoms with van der Waals surface area (Å²) in [4.78, 5) is 14.4. The van der Waals surface area contributed by atoms with Crippen LogP contribution >= 0.6 is 0 Å². The van der Waals surface area contributed by atoms with Crippen LogP contribution in [0.5, 0.6) is 0 Å². The second-order valence-electron chi connectivity index (χ2n) is 6.10. The van der Waals surface area contributed by atoms with E-state index in [1.54, 1.807) is 0 Å². The fourth-order valence-corrected chi connectivity index (χ4v) is 2.52. The summed E-state index contributed by atoms with van der Waals surface area (Å²) < 4.78 is 5.57. The van der Waals surface area contributed by atoms with Gasteiger partial charge in [0, 0.05) is 19.8 Å². The maximum atomic E-state index is 12.4. The van der Waals surface area contributed by atoms with E-state index in [0.717, 1.165) is 30.5 Å². The highest BCUT2D eigenvalue weighted by Crippen LogP contribution is 2.20. The molecule has 1 rings (SSSR count). The van der Waals surface area contributed by atoms with Crippen molar-refractivity contribution < 1.29 is 9.53 Å². The second-order valence-corrected chi connectivity index (χ2v) is 6.10. The molecule has 22 heavy (non-hydrogen) atoms. The first-order chi connectivity index (χ1) is 10.5. The third kappa shape index (κ3) is 5.36. The SMILES string of the molecule is CCCCC(CC)COC(=O)c1ccc(N(C)C)cc1CC. The molecule has 1 atom stereocenters. The lowest BCUT2D eigenvalue weighted by molar-refractivity contribution is 0.0427. The van der Waals surface area contributed by atoms with Crippen LogP contribution in [0.25, 0.3) is 0 Å². The van der Waals surface area contributed by atoms with E-state index in [1.165, 1.54) is 12.8 Å². The molecule has 1 aromatic rings. The molecule has 0 aromatic heterocycles. The van der Waals surface area contributed by atoms with Crippen LogP contribution < -0.4 is 4.90 Å². The van der Waals surface area contributed by atoms with Crippen LogP contribution in [0.15, 0.2) is 18.2 Å². The Bertz CT molecular complexity index is 469. The average Bonchev–Trinajstić information content (AvgIpc) is 2.54. The van der Waals surface area contributed by atoms with E-state index in [0.29, 0.717) is 18.1 Å². The number of benzene rings is 1. The number of nitrogens with zero attached hydrogens (tertiary/aromatic N) is 1. The number of ether oxygens (including phenoxy) is 1. The topological polar surface area (TPSA) is 29.5 Å². The predicted octanol–water partition coefficient (Wildman–Crippen LogP) is 4.69. The van der Waals surface area contributed by atoms with Gasteiger partial charge >= 0.3 is 5.97 Å². The summed E-state index contributed by atoms with van der Waals surface area (Å²) in [5.41, 5.74) is 2.87. The first kappa shape index (κ1) is 18.5. The Kier molecular flexibility index (Phi) is 8.00. The van der Waals surface area contributed by atoms with Crippen LogP contribution in [0, 0.1) is 5.92 Å². The van der Waals surface area contributed by atoms with Gasteiger partial charge in [-0.3, -0.25) is 0 Å². The van der Waals surface area contributed by atoms with Gasteiger partial charge in [-0.15, -0.1) is 0 Å². The van der Waals surface area contributed by atoms with Gasteiger partial charge < -0.3 is 9.64 Å². The minimum Gasteiger partial charge on any atom is -0.462 e. The molecule has 3 nitrogen and oxygen atoms in total. The Morgan fingerprint density at radius 3 is 2.50 bits per heavy atom. The number of hydrogen-bond donors (Lipinski definition) is 0. The minimum atomic E-state index is -0.183. The molecule has 1 unspecified atom stereocenters. The Morgan fingerprint density at radius 2 is 1.95 bits per heavy atom. The highest BCUT2D eigenvalue weighted by Gasteiger charge is 2.15. The van der Waals surface area contributed by atoms with Gasteiger partial charge in [0.1, 0.15) is 0 Å². The number of carbonyl (C=O) groups is 1. The van der Waals surface area contributed by atoms with Gasteiger partial charge in [0.15, 0.2) is 0 Å². The first-order valence-electron chi connectivity index (χ1n) is 8.50. The zero-order chi connectivity index (χ0) is 16.5. The molecule has 0 aliphatic carbocycles. The fourth-order valence-electron chi connectivity index (χ4n) is 2.52. The fraction of sp³-hybridized carbons (Fsp3) is 0.632. The molecule has 0 radical (unpaired) electrons. The summed E-state index contributed by atoms with van der Waals surface area (Å²) in [6.07, 6.45) is 5.43. The molecule has 1 aromatic carbocycles. The van der Waals surface area contributed by atoms with Crippen molar-refractivity contribution in [3.8, 4) is 0 Å². The van der Waals surface area contributed by atoms with Crippen LogP contribution in [0.3, 0.4) is 0 Å². The Morgan fingerprint density at radius 1 is 1.23 bits per heavy atom. The van der Waals surface area contributed by atoms with E-state index in [1.807, 2.05) is 31.1 Å². The molecule has 0 aliphatic rings. The maximum absolute atomic E-state index is 12.4. The van der Waals surface area contributed by atoms with Gasteiger partial charge in [0.25, 0.3) is 0 Å². The summed E-state index contributed by atoms with van der Waals surface area (Å²) in [7, 11) is 4.01. The van der Waals surface area contributed by atoms with Crippen molar-refractivity contribution in [2.75, 3.05) is 25.6 Å². The highest BCUT2D eigenvalue weighted by molar-refractivity contribution is 5.91. The van der Waals surface area contributed by atoms with Crippen molar-refractivity contribution in [3.05, 3.63) is 29.3 Å². The van der Waals surface area contributed by atoms with Crippen molar-refractivity contribution in [1.29, 1.82) is 0 Å². The first-order valence-corrected chi connectivity index (χ1v) is 8.50. The van der Waals surface area contributed by atoms with Crippen molar-refractivity contribution in [2.45, 2.75) is 52.9 Å². The van der Waals surface area contributed by atoms with Crippen molar-refractivity contribution in [1.82, 2.24) is 0 Å². The van der Waals surface area contributed by atoms with Gasteiger partial charge in [-0.05, 0) is 42.5 Å². The zero-order valence-corrected chi connectivity index (χ0v) is 14.8. The molecule has 0 N–H and O–H groups in total. The quantitative estimate of drug-likeness (QED) is 0.620. The number of hydrogen-bond acceptors (Lipinski definition) is 3. The van der Waals surface area contributed by atoms with Crippen molar-refractivity contribution in [3.63, 3.8) is 0 Å². The van der Waals surface area contributed by atoms with E-state index in [9.17, 15) is 4.79 Å². The number of esters is 1. The van der Waals surface area contributed by atoms with Gasteiger partial charge in [-0.2, -0.15) is 0 Å². The summed E-state index contributed by atoms with van der Waals surface area (Å²) in [6, 6.07) is 5.94. The summed E-state index contributed by atoms with van der Waals surface area (Å²) >= 11 is 0. The van der Waals surface area contributed by atoms with Crippen LogP contribution in [-0.2, 0) is 11.2 Å². The third-order valence-corrected chi connectivity index (χ3v) is 4.20. The lowest BCUT2D eigenvalue weighted by Crippen LogP contribution is -2.16. The number of carbonyl (C=O) groups excluding carboxylic acids is 1. The lowest BCUT2D eigenvalue weighted by atomic mass is 10.0. The molecule has 0 amide bonds. The molecule has 0 spiro atoms. The standard InChI is InChI=1S/C19H31NO2/c1-6-9-10-15(7-2)14-22-19(21)18-12-11-17(20(4)5)13-16(18)8-3/h11-13,15H,6-10,14H2,1-5H3. The molecule has 124 valence electrons. The van der Waals surface area contributed by atoms with Gasteiger partial charge in [-0.1, -0.05) is 40.0 Å². The van der Waals surface area contributed by atoms with Crippen molar-refractivity contribution >= 4 is 11.7 Å². The van der Waals surface area contributed by atoms with Crippen LogP contribution in [0.1, 0.15) is 62.4 Å². The molecule has 0 heterocycles. The Labute approximate surface area is 135 Å². The maximum Gasteiger partial charge on any atom is 0.338 e. The number of unbranched alkanes of at least 4 members (excludes halogenated alkanes) is 1. The number of anilines is 1. The van der Waals surface area contributed by atoms with Crippen molar-refractivity contribution in [2.24, 2.45) is 5.92 Å². The average molecular weight is 305 g/mol.